The number of carbonyl (C=O) groups is 1. The Morgan fingerprint density at radius 2 is 2.40 bits per heavy atom. The van der Waals surface area contributed by atoms with Crippen molar-refractivity contribution in [3.05, 3.63) is 28.9 Å². The first-order valence-electron chi connectivity index (χ1n) is 4.53. The Balaban J connectivity index is 2.49. The van der Waals surface area contributed by atoms with E-state index in [9.17, 15) is 4.79 Å². The minimum Gasteiger partial charge on any atom is -0.461 e. The van der Waals surface area contributed by atoms with Gasteiger partial charge >= 0.3 is 5.97 Å². The maximum Gasteiger partial charge on any atom is 0.359 e. The van der Waals surface area contributed by atoms with Crippen molar-refractivity contribution in [1.82, 2.24) is 10.2 Å². The number of halogens is 1. The van der Waals surface area contributed by atoms with Crippen LogP contribution in [0, 0.1) is 0 Å². The average molecular weight is 225 g/mol. The molecule has 0 spiro atoms. The molecule has 15 heavy (non-hydrogen) atoms. The summed E-state index contributed by atoms with van der Waals surface area (Å²) in [7, 11) is 0. The van der Waals surface area contributed by atoms with Crippen molar-refractivity contribution in [1.29, 1.82) is 0 Å². The average Bonchev–Trinajstić information content (AvgIpc) is 2.60. The van der Waals surface area contributed by atoms with E-state index in [4.69, 9.17) is 16.3 Å². The van der Waals surface area contributed by atoms with Crippen molar-refractivity contribution < 1.29 is 9.53 Å². The van der Waals surface area contributed by atoms with Gasteiger partial charge in [-0.3, -0.25) is 5.10 Å². The molecule has 0 amide bonds. The number of hydrogen-bond donors (Lipinski definition) is 1. The number of nitrogens with one attached hydrogen (secondary N) is 1. The van der Waals surface area contributed by atoms with E-state index in [0.717, 1.165) is 10.9 Å². The maximum absolute atomic E-state index is 11.5. The number of carbonyl (C=O) groups excluding carboxylic acids is 1. The highest BCUT2D eigenvalue weighted by Crippen LogP contribution is 2.20. The van der Waals surface area contributed by atoms with Gasteiger partial charge in [-0.2, -0.15) is 5.10 Å². The first-order valence-corrected chi connectivity index (χ1v) is 4.91. The monoisotopic (exact) mass is 224 g/mol. The molecule has 78 valence electrons. The fourth-order valence-electron chi connectivity index (χ4n) is 1.35. The van der Waals surface area contributed by atoms with Crippen molar-refractivity contribution in [2.24, 2.45) is 0 Å². The second-order valence-corrected chi connectivity index (χ2v) is 3.42. The van der Waals surface area contributed by atoms with E-state index in [2.05, 4.69) is 10.2 Å². The molecule has 2 aromatic rings. The Morgan fingerprint density at radius 3 is 3.13 bits per heavy atom. The van der Waals surface area contributed by atoms with Crippen LogP contribution in [0.4, 0.5) is 0 Å². The van der Waals surface area contributed by atoms with Gasteiger partial charge in [-0.25, -0.2) is 4.79 Å². The number of esters is 1. The molecule has 1 N–H and O–H groups in total. The summed E-state index contributed by atoms with van der Waals surface area (Å²) in [6.45, 7) is 2.09. The molecule has 0 unspecified atom stereocenters. The minimum absolute atomic E-state index is 0.295. The summed E-state index contributed by atoms with van der Waals surface area (Å²) in [5.41, 5.74) is 1.02. The Kier molecular flexibility index (Phi) is 2.60. The number of rotatable bonds is 2. The molecule has 0 saturated heterocycles. The molecule has 0 aliphatic heterocycles. The normalized spacial score (nSPS) is 10.5. The lowest BCUT2D eigenvalue weighted by Gasteiger charge is -1.97. The third kappa shape index (κ3) is 1.80. The maximum atomic E-state index is 11.5. The Morgan fingerprint density at radius 1 is 1.60 bits per heavy atom. The minimum atomic E-state index is -0.425. The van der Waals surface area contributed by atoms with Crippen molar-refractivity contribution in [2.45, 2.75) is 6.92 Å². The van der Waals surface area contributed by atoms with Crippen molar-refractivity contribution >= 4 is 28.5 Å². The topological polar surface area (TPSA) is 55.0 Å². The standard InChI is InChI=1S/C10H9ClN2O2/c1-2-15-10(14)9-7-4-3-6(11)5-8(7)12-13-9/h3-5H,2H2,1H3,(H,12,13). The van der Waals surface area contributed by atoms with Gasteiger partial charge < -0.3 is 4.74 Å². The van der Waals surface area contributed by atoms with Crippen LogP contribution in [0.3, 0.4) is 0 Å². The molecule has 0 atom stereocenters. The smallest absolute Gasteiger partial charge is 0.359 e. The van der Waals surface area contributed by atoms with Gasteiger partial charge in [0, 0.05) is 10.4 Å². The molecule has 0 aliphatic carbocycles. The van der Waals surface area contributed by atoms with Gasteiger partial charge in [0.05, 0.1) is 12.1 Å². The van der Waals surface area contributed by atoms with Crippen LogP contribution in [0.5, 0.6) is 0 Å². The third-order valence-corrected chi connectivity index (χ3v) is 2.23. The fourth-order valence-corrected chi connectivity index (χ4v) is 1.52. The molecular formula is C10H9ClN2O2. The Labute approximate surface area is 91.2 Å². The van der Waals surface area contributed by atoms with Crippen LogP contribution in [-0.4, -0.2) is 22.8 Å². The van der Waals surface area contributed by atoms with E-state index in [1.165, 1.54) is 0 Å². The van der Waals surface area contributed by atoms with Gasteiger partial charge in [0.15, 0.2) is 5.69 Å². The lowest BCUT2D eigenvalue weighted by atomic mass is 10.2. The molecule has 1 heterocycles. The first kappa shape index (κ1) is 9.98. The summed E-state index contributed by atoms with van der Waals surface area (Å²) < 4.78 is 4.87. The van der Waals surface area contributed by atoms with Gasteiger partial charge in [0.2, 0.25) is 0 Å². The largest absolute Gasteiger partial charge is 0.461 e. The molecule has 0 saturated carbocycles. The molecule has 0 fully saturated rings. The number of aromatic amines is 1. The number of aromatic nitrogens is 2. The van der Waals surface area contributed by atoms with Crippen molar-refractivity contribution in [3.8, 4) is 0 Å². The van der Waals surface area contributed by atoms with E-state index in [-0.39, 0.29) is 0 Å². The number of nitrogens with zero attached hydrogens (tertiary/aromatic N) is 1. The highest BCUT2D eigenvalue weighted by atomic mass is 35.5. The summed E-state index contributed by atoms with van der Waals surface area (Å²) in [5, 5.41) is 7.95. The number of fused-ring (bicyclic) bond motifs is 1. The zero-order valence-electron chi connectivity index (χ0n) is 8.08. The van der Waals surface area contributed by atoms with Crippen LogP contribution >= 0.6 is 11.6 Å². The second kappa shape index (κ2) is 3.90. The molecule has 1 aromatic heterocycles. The molecule has 5 heteroatoms. The van der Waals surface area contributed by atoms with Gasteiger partial charge in [-0.05, 0) is 25.1 Å². The van der Waals surface area contributed by atoms with E-state index >= 15 is 0 Å². The van der Waals surface area contributed by atoms with Gasteiger partial charge in [0.1, 0.15) is 0 Å². The summed E-state index contributed by atoms with van der Waals surface area (Å²) in [5.74, 6) is -0.425. The molecule has 4 nitrogen and oxygen atoms in total. The Hall–Kier alpha value is -1.55. The van der Waals surface area contributed by atoms with E-state index < -0.39 is 5.97 Å². The van der Waals surface area contributed by atoms with Gasteiger partial charge in [-0.15, -0.1) is 0 Å². The van der Waals surface area contributed by atoms with Gasteiger partial charge in [0.25, 0.3) is 0 Å². The van der Waals surface area contributed by atoms with Crippen LogP contribution in [0.15, 0.2) is 18.2 Å². The van der Waals surface area contributed by atoms with Crippen molar-refractivity contribution in [3.63, 3.8) is 0 Å². The fraction of sp³-hybridized carbons (Fsp3) is 0.200. The lowest BCUT2D eigenvalue weighted by Crippen LogP contribution is -2.05. The van der Waals surface area contributed by atoms with Crippen LogP contribution in [0.2, 0.25) is 5.02 Å². The van der Waals surface area contributed by atoms with E-state index in [1.54, 1.807) is 25.1 Å². The number of H-pyrrole nitrogens is 1. The highest BCUT2D eigenvalue weighted by Gasteiger charge is 2.14. The summed E-state index contributed by atoms with van der Waals surface area (Å²) >= 11 is 5.80. The molecule has 1 aromatic carbocycles. The quantitative estimate of drug-likeness (QED) is 0.797. The zero-order chi connectivity index (χ0) is 10.8. The number of ether oxygens (including phenoxy) is 1. The number of benzene rings is 1. The van der Waals surface area contributed by atoms with Crippen LogP contribution < -0.4 is 0 Å². The third-order valence-electron chi connectivity index (χ3n) is 1.99. The number of hydrogen-bond acceptors (Lipinski definition) is 3. The highest BCUT2D eigenvalue weighted by molar-refractivity contribution is 6.31. The van der Waals surface area contributed by atoms with E-state index in [1.807, 2.05) is 0 Å². The zero-order valence-corrected chi connectivity index (χ0v) is 8.84. The molecular weight excluding hydrogens is 216 g/mol. The van der Waals surface area contributed by atoms with Crippen LogP contribution in [-0.2, 0) is 4.74 Å². The molecule has 2 rings (SSSR count). The van der Waals surface area contributed by atoms with Crippen molar-refractivity contribution in [2.75, 3.05) is 6.61 Å². The summed E-state index contributed by atoms with van der Waals surface area (Å²) in [6.07, 6.45) is 0. The Bertz CT molecular complexity index is 507. The predicted molar refractivity (Wildman–Crippen MR) is 57.1 cm³/mol. The first-order chi connectivity index (χ1) is 7.22. The lowest BCUT2D eigenvalue weighted by molar-refractivity contribution is 0.0521. The van der Waals surface area contributed by atoms with Crippen LogP contribution in [0.1, 0.15) is 17.4 Å². The molecule has 0 bridgehead atoms. The molecule has 0 aliphatic rings. The van der Waals surface area contributed by atoms with E-state index in [0.29, 0.717) is 17.3 Å². The molecule has 0 radical (unpaired) electrons. The predicted octanol–water partition coefficient (Wildman–Crippen LogP) is 2.39. The van der Waals surface area contributed by atoms with Crippen LogP contribution in [0.25, 0.3) is 10.9 Å². The second-order valence-electron chi connectivity index (χ2n) is 2.98. The summed E-state index contributed by atoms with van der Waals surface area (Å²) in [6, 6.07) is 5.17. The summed E-state index contributed by atoms with van der Waals surface area (Å²) in [4.78, 5) is 11.5. The SMILES string of the molecule is CCOC(=O)c1n[nH]c2cc(Cl)ccc12. The van der Waals surface area contributed by atoms with Gasteiger partial charge in [-0.1, -0.05) is 11.6 Å².